The van der Waals surface area contributed by atoms with Gasteiger partial charge in [0.1, 0.15) is 0 Å². The van der Waals surface area contributed by atoms with Crippen LogP contribution >= 0.6 is 15.9 Å². The number of rotatable bonds is 8. The number of halogens is 1. The standard InChI is InChI=1S/C14H23BrN2/c1-17(11-7-3-2-6-10-16)12-13-8-4-5-9-14(13)15/h4-5,8-9H,2-3,6-7,10-12,16H2,1H3. The van der Waals surface area contributed by atoms with Gasteiger partial charge in [0.25, 0.3) is 0 Å². The molecular weight excluding hydrogens is 276 g/mol. The predicted octanol–water partition coefficient (Wildman–Crippen LogP) is 3.40. The molecule has 1 aromatic rings. The molecule has 0 radical (unpaired) electrons. The van der Waals surface area contributed by atoms with Crippen molar-refractivity contribution in [2.75, 3.05) is 20.1 Å². The lowest BCUT2D eigenvalue weighted by Crippen LogP contribution is -2.19. The van der Waals surface area contributed by atoms with Gasteiger partial charge in [-0.3, -0.25) is 0 Å². The zero-order valence-corrected chi connectivity index (χ0v) is 12.2. The van der Waals surface area contributed by atoms with Crippen molar-refractivity contribution < 1.29 is 0 Å². The quantitative estimate of drug-likeness (QED) is 0.745. The molecule has 0 unspecified atom stereocenters. The second-order valence-corrected chi connectivity index (χ2v) is 5.39. The topological polar surface area (TPSA) is 29.3 Å². The van der Waals surface area contributed by atoms with E-state index in [0.717, 1.165) is 26.1 Å². The molecule has 0 spiro atoms. The molecule has 0 amide bonds. The highest BCUT2D eigenvalue weighted by molar-refractivity contribution is 9.10. The Balaban J connectivity index is 2.21. The molecule has 2 N–H and O–H groups in total. The van der Waals surface area contributed by atoms with Crippen LogP contribution in [0.3, 0.4) is 0 Å². The molecule has 0 atom stereocenters. The van der Waals surface area contributed by atoms with Crippen LogP contribution in [0.1, 0.15) is 31.2 Å². The SMILES string of the molecule is CN(CCCCCCN)Cc1ccccc1Br. The fourth-order valence-corrected chi connectivity index (χ4v) is 2.29. The molecule has 0 aliphatic heterocycles. The van der Waals surface area contributed by atoms with Gasteiger partial charge in [0.2, 0.25) is 0 Å². The zero-order valence-electron chi connectivity index (χ0n) is 10.7. The highest BCUT2D eigenvalue weighted by Crippen LogP contribution is 2.17. The van der Waals surface area contributed by atoms with E-state index in [1.54, 1.807) is 0 Å². The largest absolute Gasteiger partial charge is 0.330 e. The van der Waals surface area contributed by atoms with E-state index in [0.29, 0.717) is 0 Å². The summed E-state index contributed by atoms with van der Waals surface area (Å²) in [5, 5.41) is 0. The average molecular weight is 299 g/mol. The maximum absolute atomic E-state index is 5.47. The van der Waals surface area contributed by atoms with Gasteiger partial charge in [-0.05, 0) is 44.6 Å². The molecule has 3 heteroatoms. The first kappa shape index (κ1) is 14.7. The Morgan fingerprint density at radius 1 is 1.12 bits per heavy atom. The van der Waals surface area contributed by atoms with E-state index >= 15 is 0 Å². The maximum atomic E-state index is 5.47. The van der Waals surface area contributed by atoms with Crippen molar-refractivity contribution in [3.63, 3.8) is 0 Å². The van der Waals surface area contributed by atoms with E-state index in [-0.39, 0.29) is 0 Å². The van der Waals surface area contributed by atoms with Crippen LogP contribution in [-0.4, -0.2) is 25.0 Å². The van der Waals surface area contributed by atoms with Crippen molar-refractivity contribution in [2.45, 2.75) is 32.2 Å². The van der Waals surface area contributed by atoms with Crippen molar-refractivity contribution in [1.82, 2.24) is 4.90 Å². The summed E-state index contributed by atoms with van der Waals surface area (Å²) in [4.78, 5) is 2.38. The van der Waals surface area contributed by atoms with E-state index < -0.39 is 0 Å². The lowest BCUT2D eigenvalue weighted by atomic mass is 10.1. The third-order valence-corrected chi connectivity index (χ3v) is 3.67. The van der Waals surface area contributed by atoms with Gasteiger partial charge in [-0.1, -0.05) is 47.0 Å². The number of benzene rings is 1. The van der Waals surface area contributed by atoms with Gasteiger partial charge in [0.15, 0.2) is 0 Å². The van der Waals surface area contributed by atoms with Crippen LogP contribution in [0, 0.1) is 0 Å². The fourth-order valence-electron chi connectivity index (χ4n) is 1.88. The number of unbranched alkanes of at least 4 members (excludes halogenated alkanes) is 3. The first-order chi connectivity index (χ1) is 8.24. The van der Waals surface area contributed by atoms with Gasteiger partial charge in [-0.25, -0.2) is 0 Å². The van der Waals surface area contributed by atoms with Crippen molar-refractivity contribution in [1.29, 1.82) is 0 Å². The molecule has 0 saturated heterocycles. The molecule has 0 fully saturated rings. The summed E-state index contributed by atoms with van der Waals surface area (Å²) >= 11 is 3.59. The molecule has 0 bridgehead atoms. The summed E-state index contributed by atoms with van der Waals surface area (Å²) in [5.41, 5.74) is 6.83. The Morgan fingerprint density at radius 3 is 2.53 bits per heavy atom. The van der Waals surface area contributed by atoms with E-state index in [9.17, 15) is 0 Å². The molecular formula is C14H23BrN2. The van der Waals surface area contributed by atoms with Crippen LogP contribution < -0.4 is 5.73 Å². The lowest BCUT2D eigenvalue weighted by molar-refractivity contribution is 0.316. The molecule has 0 saturated carbocycles. The Bertz CT molecular complexity index is 315. The molecule has 1 aromatic carbocycles. The first-order valence-corrected chi connectivity index (χ1v) is 7.15. The zero-order chi connectivity index (χ0) is 12.5. The first-order valence-electron chi connectivity index (χ1n) is 6.36. The highest BCUT2D eigenvalue weighted by Gasteiger charge is 2.03. The average Bonchev–Trinajstić information content (AvgIpc) is 2.32. The lowest BCUT2D eigenvalue weighted by Gasteiger charge is -2.17. The summed E-state index contributed by atoms with van der Waals surface area (Å²) in [6, 6.07) is 8.43. The Hall–Kier alpha value is -0.380. The minimum Gasteiger partial charge on any atom is -0.330 e. The summed E-state index contributed by atoms with van der Waals surface area (Å²) in [6.07, 6.45) is 4.98. The van der Waals surface area contributed by atoms with Crippen LogP contribution in [0.2, 0.25) is 0 Å². The maximum Gasteiger partial charge on any atom is 0.0241 e. The minimum atomic E-state index is 0.826. The summed E-state index contributed by atoms with van der Waals surface area (Å²) in [7, 11) is 2.18. The van der Waals surface area contributed by atoms with Gasteiger partial charge < -0.3 is 10.6 Å². The number of nitrogens with two attached hydrogens (primary N) is 1. The van der Waals surface area contributed by atoms with Gasteiger partial charge in [-0.2, -0.15) is 0 Å². The Labute approximate surface area is 113 Å². The monoisotopic (exact) mass is 298 g/mol. The molecule has 0 aliphatic rings. The van der Waals surface area contributed by atoms with E-state index in [1.165, 1.54) is 29.3 Å². The van der Waals surface area contributed by atoms with Crippen LogP contribution in [0.15, 0.2) is 28.7 Å². The van der Waals surface area contributed by atoms with Crippen LogP contribution in [0.4, 0.5) is 0 Å². The highest BCUT2D eigenvalue weighted by atomic mass is 79.9. The third kappa shape index (κ3) is 6.20. The van der Waals surface area contributed by atoms with Crippen molar-refractivity contribution in [3.8, 4) is 0 Å². The van der Waals surface area contributed by atoms with Crippen LogP contribution in [-0.2, 0) is 6.54 Å². The molecule has 1 rings (SSSR count). The molecule has 17 heavy (non-hydrogen) atoms. The van der Waals surface area contributed by atoms with E-state index in [1.807, 2.05) is 0 Å². The molecule has 0 heterocycles. The van der Waals surface area contributed by atoms with E-state index in [2.05, 4.69) is 52.1 Å². The van der Waals surface area contributed by atoms with Crippen molar-refractivity contribution >= 4 is 15.9 Å². The van der Waals surface area contributed by atoms with Crippen LogP contribution in [0.25, 0.3) is 0 Å². The molecule has 0 aromatic heterocycles. The smallest absolute Gasteiger partial charge is 0.0241 e. The number of hydrogen-bond acceptors (Lipinski definition) is 2. The van der Waals surface area contributed by atoms with Crippen molar-refractivity contribution in [2.24, 2.45) is 5.73 Å². The second-order valence-electron chi connectivity index (χ2n) is 4.53. The normalized spacial score (nSPS) is 11.1. The fraction of sp³-hybridized carbons (Fsp3) is 0.571. The third-order valence-electron chi connectivity index (χ3n) is 2.89. The van der Waals surface area contributed by atoms with Crippen LogP contribution in [0.5, 0.6) is 0 Å². The number of hydrogen-bond donors (Lipinski definition) is 1. The summed E-state index contributed by atoms with van der Waals surface area (Å²) in [5.74, 6) is 0. The summed E-state index contributed by atoms with van der Waals surface area (Å²) < 4.78 is 1.20. The summed E-state index contributed by atoms with van der Waals surface area (Å²) in [6.45, 7) is 3.00. The molecule has 0 aliphatic carbocycles. The van der Waals surface area contributed by atoms with Gasteiger partial charge in [-0.15, -0.1) is 0 Å². The van der Waals surface area contributed by atoms with Gasteiger partial charge in [0.05, 0.1) is 0 Å². The Kier molecular flexibility index (Phi) is 7.49. The van der Waals surface area contributed by atoms with Gasteiger partial charge >= 0.3 is 0 Å². The predicted molar refractivity (Wildman–Crippen MR) is 78.0 cm³/mol. The Morgan fingerprint density at radius 2 is 1.82 bits per heavy atom. The van der Waals surface area contributed by atoms with Crippen molar-refractivity contribution in [3.05, 3.63) is 34.3 Å². The molecule has 2 nitrogen and oxygen atoms in total. The van der Waals surface area contributed by atoms with Gasteiger partial charge in [0, 0.05) is 11.0 Å². The minimum absolute atomic E-state index is 0.826. The number of nitrogens with zero attached hydrogens (tertiary/aromatic N) is 1. The molecule has 96 valence electrons. The van der Waals surface area contributed by atoms with E-state index in [4.69, 9.17) is 5.73 Å². The second kappa shape index (κ2) is 8.67.